The van der Waals surface area contributed by atoms with Crippen LogP contribution in [0.25, 0.3) is 16.8 Å². The predicted octanol–water partition coefficient (Wildman–Crippen LogP) is 5.11. The number of fused-ring (bicyclic) bond motifs is 1. The monoisotopic (exact) mass is 629 g/mol. The number of likely N-dealkylation sites (N-methyl/N-ethyl adjacent to an activating group) is 1. The predicted molar refractivity (Wildman–Crippen MR) is 169 cm³/mol. The SMILES string of the molecule is CN(C)CC(=O)O.Cc1ncc(COc2cc(F)cc(Oc3ccc(-c4nc(C5CCOCC5)n5ccnc(N)c45)cc3)c2)cn1. The number of carboxylic acid groups (broad SMARTS) is 1. The molecule has 3 aromatic heterocycles. The van der Waals surface area contributed by atoms with E-state index in [4.69, 9.17) is 30.0 Å². The van der Waals surface area contributed by atoms with Crippen molar-refractivity contribution in [3.63, 3.8) is 0 Å². The summed E-state index contributed by atoms with van der Waals surface area (Å²) in [5, 5.41) is 8.04. The summed E-state index contributed by atoms with van der Waals surface area (Å²) >= 11 is 0. The summed E-state index contributed by atoms with van der Waals surface area (Å²) in [6.45, 7) is 3.57. The standard InChI is InChI=1S/C29H27FN6O3.C4H9NO2/c1-18-33-15-19(16-34-18)17-38-24-12-22(30)13-25(14-24)39-23-4-2-20(3-5-23)26-27-28(31)32-8-9-36(27)29(35-26)21-6-10-37-11-7-21;1-5(2)3-4(6)7/h2-5,8-9,12-16,21H,6-7,10-11,17H2,1H3,(H2,31,32);3H2,1-2H3,(H,6,7). The van der Waals surface area contributed by atoms with E-state index >= 15 is 0 Å². The first-order valence-corrected chi connectivity index (χ1v) is 14.7. The first kappa shape index (κ1) is 32.3. The van der Waals surface area contributed by atoms with E-state index in [1.807, 2.05) is 41.8 Å². The van der Waals surface area contributed by atoms with Crippen LogP contribution in [0.4, 0.5) is 10.2 Å². The Balaban J connectivity index is 0.000000537. The molecular formula is C33H36FN7O5. The topological polar surface area (TPSA) is 150 Å². The lowest BCUT2D eigenvalue weighted by molar-refractivity contribution is -0.137. The fourth-order valence-corrected chi connectivity index (χ4v) is 4.96. The molecule has 0 amide bonds. The van der Waals surface area contributed by atoms with Gasteiger partial charge in [0.05, 0.1) is 6.54 Å². The van der Waals surface area contributed by atoms with Crippen molar-refractivity contribution in [3.05, 3.63) is 90.3 Å². The van der Waals surface area contributed by atoms with E-state index in [9.17, 15) is 9.18 Å². The number of imidazole rings is 1. The molecule has 2 aromatic carbocycles. The number of nitrogen functional groups attached to an aromatic ring is 1. The maximum absolute atomic E-state index is 14.3. The van der Waals surface area contributed by atoms with Crippen LogP contribution >= 0.6 is 0 Å². The Kier molecular flexibility index (Phi) is 10.4. The number of nitrogens with zero attached hydrogens (tertiary/aromatic N) is 6. The minimum Gasteiger partial charge on any atom is -0.489 e. The quantitative estimate of drug-likeness (QED) is 0.224. The number of aryl methyl sites for hydroxylation is 1. The Bertz CT molecular complexity index is 1770. The number of carboxylic acids is 1. The van der Waals surface area contributed by atoms with Crippen molar-refractivity contribution in [2.75, 3.05) is 39.6 Å². The molecule has 0 radical (unpaired) electrons. The smallest absolute Gasteiger partial charge is 0.317 e. The fraction of sp³-hybridized carbons (Fsp3) is 0.303. The number of nitrogens with two attached hydrogens (primary N) is 1. The van der Waals surface area contributed by atoms with Gasteiger partial charge in [0, 0.05) is 73.2 Å². The number of aromatic nitrogens is 5. The molecule has 3 N–H and O–H groups in total. The number of rotatable bonds is 9. The van der Waals surface area contributed by atoms with E-state index in [0.717, 1.165) is 41.0 Å². The van der Waals surface area contributed by atoms with Gasteiger partial charge in [-0.1, -0.05) is 0 Å². The van der Waals surface area contributed by atoms with Gasteiger partial charge in [-0.2, -0.15) is 0 Å². The molecule has 240 valence electrons. The molecule has 0 spiro atoms. The minimum absolute atomic E-state index is 0.111. The van der Waals surface area contributed by atoms with Crippen LogP contribution in [0.1, 0.15) is 36.0 Å². The van der Waals surface area contributed by atoms with E-state index in [2.05, 4.69) is 15.0 Å². The van der Waals surface area contributed by atoms with Crippen molar-refractivity contribution in [2.45, 2.75) is 32.3 Å². The van der Waals surface area contributed by atoms with Gasteiger partial charge in [-0.3, -0.25) is 14.1 Å². The van der Waals surface area contributed by atoms with Crippen molar-refractivity contribution in [1.29, 1.82) is 0 Å². The summed E-state index contributed by atoms with van der Waals surface area (Å²) in [6.07, 6.45) is 8.77. The Labute approximate surface area is 265 Å². The Hall–Kier alpha value is -5.14. The molecule has 1 fully saturated rings. The number of benzene rings is 2. The first-order chi connectivity index (χ1) is 22.2. The molecule has 46 heavy (non-hydrogen) atoms. The number of anilines is 1. The third-order valence-corrected chi connectivity index (χ3v) is 7.10. The molecule has 1 aliphatic heterocycles. The van der Waals surface area contributed by atoms with E-state index in [-0.39, 0.29) is 19.1 Å². The van der Waals surface area contributed by atoms with Gasteiger partial charge < -0.3 is 25.1 Å². The van der Waals surface area contributed by atoms with Crippen molar-refractivity contribution in [3.8, 4) is 28.5 Å². The van der Waals surface area contributed by atoms with Gasteiger partial charge in [0.2, 0.25) is 0 Å². The summed E-state index contributed by atoms with van der Waals surface area (Å²) in [4.78, 5) is 29.0. The summed E-state index contributed by atoms with van der Waals surface area (Å²) < 4.78 is 33.6. The minimum atomic E-state index is -0.787. The number of carbonyl (C=O) groups is 1. The molecule has 0 bridgehead atoms. The zero-order valence-corrected chi connectivity index (χ0v) is 25.9. The number of hydrogen-bond acceptors (Lipinski definition) is 10. The van der Waals surface area contributed by atoms with Crippen LogP contribution in [0.2, 0.25) is 0 Å². The number of hydrogen-bond donors (Lipinski definition) is 2. The number of aliphatic carboxylic acids is 1. The van der Waals surface area contributed by atoms with E-state index < -0.39 is 11.8 Å². The molecule has 1 saturated heterocycles. The van der Waals surface area contributed by atoms with E-state index in [1.165, 1.54) is 12.1 Å². The second-order valence-electron chi connectivity index (χ2n) is 11.0. The van der Waals surface area contributed by atoms with Crippen LogP contribution in [-0.2, 0) is 16.1 Å². The van der Waals surface area contributed by atoms with E-state index in [0.29, 0.717) is 42.1 Å². The van der Waals surface area contributed by atoms with Crippen LogP contribution in [0.15, 0.2) is 67.3 Å². The molecule has 0 unspecified atom stereocenters. The molecule has 12 nitrogen and oxygen atoms in total. The van der Waals surface area contributed by atoms with Gasteiger partial charge in [-0.15, -0.1) is 0 Å². The summed E-state index contributed by atoms with van der Waals surface area (Å²) in [6, 6.07) is 11.7. The lowest BCUT2D eigenvalue weighted by atomic mass is 10.00. The number of ether oxygens (including phenoxy) is 3. The second kappa shape index (κ2) is 14.8. The second-order valence-corrected chi connectivity index (χ2v) is 11.0. The molecule has 5 aromatic rings. The van der Waals surface area contributed by atoms with Gasteiger partial charge in [-0.05, 0) is 58.1 Å². The summed E-state index contributed by atoms with van der Waals surface area (Å²) in [5.74, 6) is 2.29. The van der Waals surface area contributed by atoms with Crippen molar-refractivity contribution in [1.82, 2.24) is 29.2 Å². The van der Waals surface area contributed by atoms with Crippen molar-refractivity contribution in [2.24, 2.45) is 0 Å². The zero-order valence-electron chi connectivity index (χ0n) is 25.9. The highest BCUT2D eigenvalue weighted by atomic mass is 19.1. The van der Waals surface area contributed by atoms with Crippen LogP contribution in [0.5, 0.6) is 17.2 Å². The molecule has 13 heteroatoms. The average molecular weight is 630 g/mol. The van der Waals surface area contributed by atoms with Crippen LogP contribution in [0.3, 0.4) is 0 Å². The first-order valence-electron chi connectivity index (χ1n) is 14.7. The van der Waals surface area contributed by atoms with Crippen LogP contribution in [0, 0.1) is 12.7 Å². The molecule has 1 aliphatic rings. The van der Waals surface area contributed by atoms with E-state index in [1.54, 1.807) is 43.7 Å². The molecule has 0 saturated carbocycles. The molecule has 0 atom stereocenters. The third kappa shape index (κ3) is 8.31. The average Bonchev–Trinajstić information content (AvgIpc) is 3.42. The summed E-state index contributed by atoms with van der Waals surface area (Å²) in [7, 11) is 3.43. The normalized spacial score (nSPS) is 13.3. The highest BCUT2D eigenvalue weighted by Gasteiger charge is 2.24. The van der Waals surface area contributed by atoms with Gasteiger partial charge in [0.25, 0.3) is 0 Å². The lowest BCUT2D eigenvalue weighted by Gasteiger charge is -2.20. The number of halogens is 1. The molecule has 6 rings (SSSR count). The molecular weight excluding hydrogens is 593 g/mol. The fourth-order valence-electron chi connectivity index (χ4n) is 4.96. The van der Waals surface area contributed by atoms with Gasteiger partial charge in [-0.25, -0.2) is 24.3 Å². The molecule has 4 heterocycles. The largest absolute Gasteiger partial charge is 0.489 e. The van der Waals surface area contributed by atoms with Crippen molar-refractivity contribution >= 4 is 17.3 Å². The molecule has 0 aliphatic carbocycles. The van der Waals surface area contributed by atoms with Crippen LogP contribution < -0.4 is 15.2 Å². The summed E-state index contributed by atoms with van der Waals surface area (Å²) in [5.41, 5.74) is 9.49. The third-order valence-electron chi connectivity index (χ3n) is 7.10. The van der Waals surface area contributed by atoms with Gasteiger partial charge in [0.15, 0.2) is 0 Å². The maximum atomic E-state index is 14.3. The highest BCUT2D eigenvalue weighted by molar-refractivity contribution is 5.85. The maximum Gasteiger partial charge on any atom is 0.317 e. The lowest BCUT2D eigenvalue weighted by Crippen LogP contribution is -2.20. The Morgan fingerprint density at radius 3 is 2.41 bits per heavy atom. The van der Waals surface area contributed by atoms with Gasteiger partial charge in [0.1, 0.15) is 58.3 Å². The Morgan fingerprint density at radius 1 is 1.07 bits per heavy atom. The van der Waals surface area contributed by atoms with Crippen molar-refractivity contribution < 1.29 is 28.5 Å². The van der Waals surface area contributed by atoms with Crippen LogP contribution in [-0.4, -0.2) is 74.2 Å². The Morgan fingerprint density at radius 2 is 1.76 bits per heavy atom. The van der Waals surface area contributed by atoms with Gasteiger partial charge >= 0.3 is 5.97 Å². The highest BCUT2D eigenvalue weighted by Crippen LogP contribution is 2.35. The zero-order chi connectivity index (χ0) is 32.6.